The predicted octanol–water partition coefficient (Wildman–Crippen LogP) is 0.619. The van der Waals surface area contributed by atoms with Crippen molar-refractivity contribution in [3.8, 4) is 0 Å². The van der Waals surface area contributed by atoms with E-state index in [9.17, 15) is 8.42 Å². The molecule has 0 heterocycles. The van der Waals surface area contributed by atoms with Crippen molar-refractivity contribution in [3.05, 3.63) is 0 Å². The monoisotopic (exact) mass is 251 g/mol. The highest BCUT2D eigenvalue weighted by atomic mass is 32.2. The van der Waals surface area contributed by atoms with Crippen molar-refractivity contribution in [1.29, 1.82) is 0 Å². The molecule has 0 fully saturated rings. The van der Waals surface area contributed by atoms with Crippen molar-refractivity contribution < 1.29 is 13.6 Å². The minimum absolute atomic E-state index is 0.110. The van der Waals surface area contributed by atoms with Crippen molar-refractivity contribution in [2.45, 2.75) is 51.3 Å². The third-order valence-corrected chi connectivity index (χ3v) is 4.68. The molecule has 7 heteroatoms. The lowest BCUT2D eigenvalue weighted by atomic mass is 9.93. The summed E-state index contributed by atoms with van der Waals surface area (Å²) < 4.78 is 26.1. The van der Waals surface area contributed by atoms with Crippen LogP contribution >= 0.6 is 0 Å². The Labute approximate surface area is 97.0 Å². The van der Waals surface area contributed by atoms with E-state index in [2.05, 4.69) is 9.88 Å². The van der Waals surface area contributed by atoms with E-state index in [4.69, 9.17) is 10.9 Å². The van der Waals surface area contributed by atoms with E-state index in [1.165, 1.54) is 0 Å². The molecule has 0 aliphatic rings. The van der Waals surface area contributed by atoms with Gasteiger partial charge in [0.15, 0.2) is 5.84 Å². The van der Waals surface area contributed by atoms with Crippen molar-refractivity contribution in [2.24, 2.45) is 10.9 Å². The number of sulfonamides is 1. The Morgan fingerprint density at radius 2 is 1.88 bits per heavy atom. The summed E-state index contributed by atoms with van der Waals surface area (Å²) >= 11 is 0. The Bertz CT molecular complexity index is 345. The standard InChI is InChI=1S/C9H21N3O3S/c1-5-9(6-2,8(10)11-13)12-16(14,15)7(3)4/h7,12-13H,5-6H2,1-4H3,(H2,10,11). The van der Waals surface area contributed by atoms with Crippen LogP contribution in [0.3, 0.4) is 0 Å². The van der Waals surface area contributed by atoms with Crippen LogP contribution in [0.5, 0.6) is 0 Å². The van der Waals surface area contributed by atoms with E-state index in [0.717, 1.165) is 0 Å². The lowest BCUT2D eigenvalue weighted by molar-refractivity contribution is 0.307. The van der Waals surface area contributed by atoms with Crippen molar-refractivity contribution in [1.82, 2.24) is 4.72 Å². The molecule has 0 aliphatic heterocycles. The summed E-state index contributed by atoms with van der Waals surface area (Å²) in [5.74, 6) is -0.110. The topological polar surface area (TPSA) is 105 Å². The Hall–Kier alpha value is -0.820. The zero-order valence-corrected chi connectivity index (χ0v) is 11.0. The molecule has 0 amide bonds. The van der Waals surface area contributed by atoms with Crippen LogP contribution in [-0.2, 0) is 10.0 Å². The average Bonchev–Trinajstić information content (AvgIpc) is 2.24. The summed E-state index contributed by atoms with van der Waals surface area (Å²) in [7, 11) is -3.46. The molecule has 0 radical (unpaired) electrons. The van der Waals surface area contributed by atoms with Gasteiger partial charge in [0.1, 0.15) is 0 Å². The van der Waals surface area contributed by atoms with Crippen LogP contribution in [0.1, 0.15) is 40.5 Å². The molecule has 0 aromatic heterocycles. The molecule has 0 bridgehead atoms. The van der Waals surface area contributed by atoms with Crippen LogP contribution in [0.25, 0.3) is 0 Å². The second kappa shape index (κ2) is 5.49. The molecule has 16 heavy (non-hydrogen) atoms. The Kier molecular flexibility index (Phi) is 5.21. The maximum absolute atomic E-state index is 11.8. The molecule has 96 valence electrons. The highest BCUT2D eigenvalue weighted by molar-refractivity contribution is 7.90. The van der Waals surface area contributed by atoms with Crippen molar-refractivity contribution in [3.63, 3.8) is 0 Å². The van der Waals surface area contributed by atoms with E-state index in [0.29, 0.717) is 12.8 Å². The molecular formula is C9H21N3O3S. The number of oxime groups is 1. The third-order valence-electron chi connectivity index (χ3n) is 2.76. The molecule has 0 rings (SSSR count). The number of nitrogens with two attached hydrogens (primary N) is 1. The fourth-order valence-electron chi connectivity index (χ4n) is 1.29. The number of hydrogen-bond donors (Lipinski definition) is 3. The van der Waals surface area contributed by atoms with E-state index >= 15 is 0 Å². The smallest absolute Gasteiger partial charge is 0.214 e. The first-order valence-corrected chi connectivity index (χ1v) is 6.81. The first-order valence-electron chi connectivity index (χ1n) is 5.26. The zero-order valence-electron chi connectivity index (χ0n) is 10.2. The van der Waals surface area contributed by atoms with Crippen LogP contribution in [0.4, 0.5) is 0 Å². The normalized spacial score (nSPS) is 14.4. The Balaban J connectivity index is 5.27. The first-order chi connectivity index (χ1) is 7.25. The van der Waals surface area contributed by atoms with Gasteiger partial charge in [0, 0.05) is 0 Å². The number of rotatable bonds is 6. The van der Waals surface area contributed by atoms with Gasteiger partial charge in [-0.15, -0.1) is 0 Å². The summed E-state index contributed by atoms with van der Waals surface area (Å²) in [5, 5.41) is 11.1. The molecule has 0 aliphatic carbocycles. The van der Waals surface area contributed by atoms with E-state index in [1.807, 2.05) is 0 Å². The molecular weight excluding hydrogens is 230 g/mol. The summed E-state index contributed by atoms with van der Waals surface area (Å²) in [4.78, 5) is 0. The van der Waals surface area contributed by atoms with E-state index in [-0.39, 0.29) is 5.84 Å². The van der Waals surface area contributed by atoms with E-state index in [1.54, 1.807) is 27.7 Å². The van der Waals surface area contributed by atoms with Crippen molar-refractivity contribution >= 4 is 15.9 Å². The van der Waals surface area contributed by atoms with Gasteiger partial charge in [0.25, 0.3) is 0 Å². The highest BCUT2D eigenvalue weighted by Crippen LogP contribution is 2.18. The van der Waals surface area contributed by atoms with Crippen LogP contribution < -0.4 is 10.5 Å². The molecule has 0 atom stereocenters. The molecule has 4 N–H and O–H groups in total. The molecule has 0 unspecified atom stereocenters. The Morgan fingerprint density at radius 1 is 1.44 bits per heavy atom. The molecule has 0 saturated carbocycles. The predicted molar refractivity (Wildman–Crippen MR) is 63.9 cm³/mol. The summed E-state index contributed by atoms with van der Waals surface area (Å²) in [6, 6.07) is 0. The fourth-order valence-corrected chi connectivity index (χ4v) is 2.47. The molecule has 0 spiro atoms. The van der Waals surface area contributed by atoms with Gasteiger partial charge < -0.3 is 10.9 Å². The van der Waals surface area contributed by atoms with Gasteiger partial charge in [0.2, 0.25) is 10.0 Å². The van der Waals surface area contributed by atoms with Gasteiger partial charge in [-0.25, -0.2) is 13.1 Å². The second-order valence-corrected chi connectivity index (χ2v) is 6.21. The van der Waals surface area contributed by atoms with E-state index < -0.39 is 20.8 Å². The number of nitrogens with one attached hydrogen (secondary N) is 1. The highest BCUT2D eigenvalue weighted by Gasteiger charge is 2.36. The minimum Gasteiger partial charge on any atom is -0.409 e. The third kappa shape index (κ3) is 3.08. The van der Waals surface area contributed by atoms with Crippen LogP contribution in [0.2, 0.25) is 0 Å². The van der Waals surface area contributed by atoms with Gasteiger partial charge in [-0.05, 0) is 26.7 Å². The van der Waals surface area contributed by atoms with Gasteiger partial charge in [-0.2, -0.15) is 0 Å². The van der Waals surface area contributed by atoms with Gasteiger partial charge >= 0.3 is 0 Å². The molecule has 0 saturated heterocycles. The lowest BCUT2D eigenvalue weighted by Gasteiger charge is -2.31. The largest absolute Gasteiger partial charge is 0.409 e. The maximum Gasteiger partial charge on any atom is 0.214 e. The van der Waals surface area contributed by atoms with Crippen LogP contribution in [0, 0.1) is 0 Å². The fraction of sp³-hybridized carbons (Fsp3) is 0.889. The zero-order chi connectivity index (χ0) is 13.0. The average molecular weight is 251 g/mol. The summed E-state index contributed by atoms with van der Waals surface area (Å²) in [6.45, 7) is 6.71. The first kappa shape index (κ1) is 15.2. The van der Waals surface area contributed by atoms with Gasteiger partial charge in [0.05, 0.1) is 10.8 Å². The number of hydrogen-bond acceptors (Lipinski definition) is 4. The quantitative estimate of drug-likeness (QED) is 0.278. The summed E-state index contributed by atoms with van der Waals surface area (Å²) in [5.41, 5.74) is 4.55. The maximum atomic E-state index is 11.8. The summed E-state index contributed by atoms with van der Waals surface area (Å²) in [6.07, 6.45) is 0.844. The van der Waals surface area contributed by atoms with Crippen molar-refractivity contribution in [2.75, 3.05) is 0 Å². The molecule has 0 aromatic rings. The second-order valence-electron chi connectivity index (χ2n) is 3.97. The SMILES string of the molecule is CCC(CC)(NS(=O)(=O)C(C)C)/C(N)=N/O. The van der Waals surface area contributed by atoms with Gasteiger partial charge in [-0.1, -0.05) is 19.0 Å². The minimum atomic E-state index is -3.46. The van der Waals surface area contributed by atoms with Crippen LogP contribution in [-0.4, -0.2) is 30.2 Å². The molecule has 0 aromatic carbocycles. The lowest BCUT2D eigenvalue weighted by Crippen LogP contribution is -2.58. The van der Waals surface area contributed by atoms with Crippen LogP contribution in [0.15, 0.2) is 5.16 Å². The number of nitrogens with zero attached hydrogens (tertiary/aromatic N) is 1. The Morgan fingerprint density at radius 3 is 2.12 bits per heavy atom. The number of amidine groups is 1. The van der Waals surface area contributed by atoms with Gasteiger partial charge in [-0.3, -0.25) is 0 Å². The molecule has 6 nitrogen and oxygen atoms in total.